The summed E-state index contributed by atoms with van der Waals surface area (Å²) in [6.07, 6.45) is 0.701. The van der Waals surface area contributed by atoms with Gasteiger partial charge in [-0.25, -0.2) is 4.52 Å². The average Bonchev–Trinajstić information content (AvgIpc) is 3.14. The first kappa shape index (κ1) is 20.8. The number of benzene rings is 2. The summed E-state index contributed by atoms with van der Waals surface area (Å²) in [5.74, 6) is 0.190. The Labute approximate surface area is 185 Å². The van der Waals surface area contributed by atoms with Crippen molar-refractivity contribution in [3.63, 3.8) is 0 Å². The lowest BCUT2D eigenvalue weighted by molar-refractivity contribution is 0.101. The molecule has 0 unspecified atom stereocenters. The third-order valence-corrected chi connectivity index (χ3v) is 5.34. The Hall–Kier alpha value is -3.45. The molecule has 0 saturated carbocycles. The minimum Gasteiger partial charge on any atom is -0.495 e. The molecule has 4 aromatic rings. The van der Waals surface area contributed by atoms with Gasteiger partial charge in [-0.15, -0.1) is 10.2 Å². The molecule has 1 N–H and O–H groups in total. The number of hydrogen-bond donors (Lipinski definition) is 1. The zero-order valence-corrected chi connectivity index (χ0v) is 18.5. The average molecular weight is 436 g/mol. The summed E-state index contributed by atoms with van der Waals surface area (Å²) in [5.41, 5.74) is 5.58. The highest BCUT2D eigenvalue weighted by molar-refractivity contribution is 6.30. The molecule has 7 nitrogen and oxygen atoms in total. The molecule has 0 aliphatic rings. The van der Waals surface area contributed by atoms with E-state index in [0.717, 1.165) is 22.4 Å². The van der Waals surface area contributed by atoms with Gasteiger partial charge in [0.2, 0.25) is 0 Å². The van der Waals surface area contributed by atoms with Gasteiger partial charge in [-0.05, 0) is 55.7 Å². The van der Waals surface area contributed by atoms with Crippen LogP contribution in [0.1, 0.15) is 34.4 Å². The van der Waals surface area contributed by atoms with Gasteiger partial charge >= 0.3 is 0 Å². The smallest absolute Gasteiger partial charge is 0.278 e. The Morgan fingerprint density at radius 2 is 1.97 bits per heavy atom. The van der Waals surface area contributed by atoms with E-state index in [2.05, 4.69) is 15.5 Å². The van der Waals surface area contributed by atoms with Crippen molar-refractivity contribution in [2.75, 3.05) is 12.4 Å². The number of carbonyl (C=O) groups is 1. The molecular weight excluding hydrogens is 414 g/mol. The summed E-state index contributed by atoms with van der Waals surface area (Å²) in [5, 5.41) is 16.8. The van der Waals surface area contributed by atoms with Gasteiger partial charge in [0.25, 0.3) is 5.91 Å². The van der Waals surface area contributed by atoms with Crippen molar-refractivity contribution in [3.05, 3.63) is 70.1 Å². The Bertz CT molecular complexity index is 1300. The Morgan fingerprint density at radius 3 is 2.68 bits per heavy atom. The highest BCUT2D eigenvalue weighted by atomic mass is 35.5. The molecule has 2 heterocycles. The molecule has 0 atom stereocenters. The van der Waals surface area contributed by atoms with Crippen molar-refractivity contribution < 1.29 is 9.53 Å². The number of rotatable bonds is 5. The maximum Gasteiger partial charge on any atom is 0.278 e. The van der Waals surface area contributed by atoms with E-state index in [0.29, 0.717) is 34.2 Å². The van der Waals surface area contributed by atoms with Crippen molar-refractivity contribution in [1.29, 1.82) is 0 Å². The number of hydrogen-bond acceptors (Lipinski definition) is 5. The highest BCUT2D eigenvalue weighted by Crippen LogP contribution is 2.31. The van der Waals surface area contributed by atoms with Gasteiger partial charge in [0.15, 0.2) is 11.3 Å². The first-order valence-electron chi connectivity index (χ1n) is 9.89. The van der Waals surface area contributed by atoms with Crippen LogP contribution in [0.2, 0.25) is 5.02 Å². The molecule has 0 fully saturated rings. The maximum absolute atomic E-state index is 13.0. The second-order valence-corrected chi connectivity index (χ2v) is 7.65. The van der Waals surface area contributed by atoms with E-state index in [1.807, 2.05) is 56.3 Å². The fraction of sp³-hybridized carbons (Fsp3) is 0.217. The number of methoxy groups -OCH3 is 1. The molecule has 1 amide bonds. The van der Waals surface area contributed by atoms with Crippen LogP contribution in [0.5, 0.6) is 5.75 Å². The number of fused-ring (bicyclic) bond motifs is 1. The molecule has 0 bridgehead atoms. The second-order valence-electron chi connectivity index (χ2n) is 7.21. The molecule has 8 heteroatoms. The number of halogens is 1. The van der Waals surface area contributed by atoms with Gasteiger partial charge < -0.3 is 10.1 Å². The first-order chi connectivity index (χ1) is 14.9. The van der Waals surface area contributed by atoms with Gasteiger partial charge in [-0.3, -0.25) is 4.79 Å². The summed E-state index contributed by atoms with van der Waals surface area (Å²) >= 11 is 6.19. The number of aryl methyl sites for hydroxylation is 3. The SMILES string of the molecule is CCc1nn2c(C)c(C(=O)Nc3cc(C)ccc3OC)nnc2c1-c1cccc(Cl)c1. The molecule has 2 aromatic carbocycles. The molecule has 0 saturated heterocycles. The van der Waals surface area contributed by atoms with Crippen LogP contribution >= 0.6 is 11.6 Å². The van der Waals surface area contributed by atoms with E-state index in [4.69, 9.17) is 21.4 Å². The van der Waals surface area contributed by atoms with Crippen molar-refractivity contribution in [2.45, 2.75) is 27.2 Å². The summed E-state index contributed by atoms with van der Waals surface area (Å²) in [7, 11) is 1.56. The van der Waals surface area contributed by atoms with Gasteiger partial charge in [-0.1, -0.05) is 36.7 Å². The predicted molar refractivity (Wildman–Crippen MR) is 121 cm³/mol. The Morgan fingerprint density at radius 1 is 1.16 bits per heavy atom. The number of nitrogens with one attached hydrogen (secondary N) is 1. The highest BCUT2D eigenvalue weighted by Gasteiger charge is 2.22. The van der Waals surface area contributed by atoms with E-state index in [-0.39, 0.29) is 11.6 Å². The molecular formula is C23H22ClN5O2. The van der Waals surface area contributed by atoms with Crippen LogP contribution in [0.3, 0.4) is 0 Å². The summed E-state index contributed by atoms with van der Waals surface area (Å²) in [4.78, 5) is 13.0. The lowest BCUT2D eigenvalue weighted by Gasteiger charge is -2.11. The van der Waals surface area contributed by atoms with Gasteiger partial charge in [0.05, 0.1) is 29.7 Å². The number of amides is 1. The Kier molecular flexibility index (Phi) is 5.61. The fourth-order valence-corrected chi connectivity index (χ4v) is 3.74. The first-order valence-corrected chi connectivity index (χ1v) is 10.3. The summed E-state index contributed by atoms with van der Waals surface area (Å²) in [6, 6.07) is 13.1. The van der Waals surface area contributed by atoms with Crippen LogP contribution in [-0.2, 0) is 6.42 Å². The normalized spacial score (nSPS) is 11.0. The second kappa shape index (κ2) is 8.35. The number of ether oxygens (including phenoxy) is 1. The van der Waals surface area contributed by atoms with E-state index in [1.54, 1.807) is 18.5 Å². The van der Waals surface area contributed by atoms with Crippen LogP contribution in [-0.4, -0.2) is 32.8 Å². The van der Waals surface area contributed by atoms with Gasteiger partial charge in [0.1, 0.15) is 5.75 Å². The lowest BCUT2D eigenvalue weighted by atomic mass is 10.0. The van der Waals surface area contributed by atoms with Gasteiger partial charge in [0, 0.05) is 5.02 Å². The minimum absolute atomic E-state index is 0.193. The zero-order chi connectivity index (χ0) is 22.1. The third-order valence-electron chi connectivity index (χ3n) is 5.11. The molecule has 0 aliphatic heterocycles. The van der Waals surface area contributed by atoms with E-state index in [1.165, 1.54) is 0 Å². The van der Waals surface area contributed by atoms with E-state index >= 15 is 0 Å². The van der Waals surface area contributed by atoms with Crippen molar-refractivity contribution in [2.24, 2.45) is 0 Å². The minimum atomic E-state index is -0.381. The molecule has 158 valence electrons. The molecule has 31 heavy (non-hydrogen) atoms. The maximum atomic E-state index is 13.0. The van der Waals surface area contributed by atoms with Crippen LogP contribution in [0, 0.1) is 13.8 Å². The van der Waals surface area contributed by atoms with E-state index < -0.39 is 0 Å². The number of anilines is 1. The Balaban J connectivity index is 1.79. The number of carbonyl (C=O) groups excluding carboxylic acids is 1. The van der Waals surface area contributed by atoms with E-state index in [9.17, 15) is 4.79 Å². The third kappa shape index (κ3) is 3.84. The topological polar surface area (TPSA) is 81.4 Å². The molecule has 0 aliphatic carbocycles. The molecule has 2 aromatic heterocycles. The summed E-state index contributed by atoms with van der Waals surface area (Å²) in [6.45, 7) is 5.77. The van der Waals surface area contributed by atoms with Crippen molar-refractivity contribution >= 4 is 28.8 Å². The molecule has 0 spiro atoms. The van der Waals surface area contributed by atoms with Crippen LogP contribution in [0.25, 0.3) is 16.8 Å². The van der Waals surface area contributed by atoms with Crippen LogP contribution in [0.4, 0.5) is 5.69 Å². The van der Waals surface area contributed by atoms with Crippen molar-refractivity contribution in [1.82, 2.24) is 19.8 Å². The quantitative estimate of drug-likeness (QED) is 0.483. The van der Waals surface area contributed by atoms with Crippen LogP contribution in [0.15, 0.2) is 42.5 Å². The summed E-state index contributed by atoms with van der Waals surface area (Å²) < 4.78 is 7.02. The lowest BCUT2D eigenvalue weighted by Crippen LogP contribution is -2.19. The molecule has 4 rings (SSSR count). The standard InChI is InChI=1S/C23H22ClN5O2/c1-5-17-20(15-7-6-8-16(24)12-15)22-27-26-21(14(3)29(22)28-17)23(30)25-18-11-13(2)9-10-19(18)31-4/h6-12H,5H2,1-4H3,(H,25,30). The predicted octanol–water partition coefficient (Wildman–Crippen LogP) is 4.88. The largest absolute Gasteiger partial charge is 0.495 e. The van der Waals surface area contributed by atoms with Gasteiger partial charge in [-0.2, -0.15) is 5.10 Å². The number of nitrogens with zero attached hydrogens (tertiary/aromatic N) is 4. The number of aromatic nitrogens is 4. The molecule has 0 radical (unpaired) electrons. The van der Waals surface area contributed by atoms with Crippen LogP contribution < -0.4 is 10.1 Å². The van der Waals surface area contributed by atoms with Crippen molar-refractivity contribution in [3.8, 4) is 16.9 Å². The zero-order valence-electron chi connectivity index (χ0n) is 17.7. The fourth-order valence-electron chi connectivity index (χ4n) is 3.55. The monoisotopic (exact) mass is 435 g/mol.